The average Bonchev–Trinajstić information content (AvgIpc) is 3.05. The molecule has 6 nitrogen and oxygen atoms in total. The van der Waals surface area contributed by atoms with Gasteiger partial charge >= 0.3 is 0 Å². The first-order valence-corrected chi connectivity index (χ1v) is 8.21. The molecule has 2 fully saturated rings. The number of ether oxygens (including phenoxy) is 2. The zero-order chi connectivity index (χ0) is 15.7. The molecule has 2 heterocycles. The minimum atomic E-state index is -0.395. The predicted octanol–water partition coefficient (Wildman–Crippen LogP) is 3.05. The minimum Gasteiger partial charge on any atom is -0.490 e. The molecule has 0 spiro atoms. The SMILES string of the molecule is Cl.NC1(c2noc(-c3ccc(OC4CCOCC4)cc3)n2)CCC1. The summed E-state index contributed by atoms with van der Waals surface area (Å²) in [5.74, 6) is 1.98. The van der Waals surface area contributed by atoms with E-state index in [0.29, 0.717) is 11.7 Å². The predicted molar refractivity (Wildman–Crippen MR) is 91.2 cm³/mol. The Hall–Kier alpha value is -1.63. The van der Waals surface area contributed by atoms with E-state index in [1.54, 1.807) is 0 Å². The Morgan fingerprint density at radius 1 is 1.12 bits per heavy atom. The molecule has 130 valence electrons. The second kappa shape index (κ2) is 7.09. The largest absolute Gasteiger partial charge is 0.490 e. The summed E-state index contributed by atoms with van der Waals surface area (Å²) in [5.41, 5.74) is 6.71. The van der Waals surface area contributed by atoms with E-state index in [9.17, 15) is 0 Å². The van der Waals surface area contributed by atoms with Gasteiger partial charge in [0.15, 0.2) is 5.82 Å². The lowest BCUT2D eigenvalue weighted by Crippen LogP contribution is -2.44. The van der Waals surface area contributed by atoms with E-state index in [4.69, 9.17) is 19.7 Å². The summed E-state index contributed by atoms with van der Waals surface area (Å²) in [4.78, 5) is 4.46. The van der Waals surface area contributed by atoms with E-state index in [0.717, 1.165) is 56.6 Å². The van der Waals surface area contributed by atoms with E-state index in [1.165, 1.54) is 0 Å². The van der Waals surface area contributed by atoms with Crippen LogP contribution in [0.3, 0.4) is 0 Å². The molecule has 4 rings (SSSR count). The summed E-state index contributed by atoms with van der Waals surface area (Å²) in [7, 11) is 0. The van der Waals surface area contributed by atoms with Crippen LogP contribution in [-0.2, 0) is 10.3 Å². The topological polar surface area (TPSA) is 83.4 Å². The molecule has 1 saturated heterocycles. The van der Waals surface area contributed by atoms with Crippen molar-refractivity contribution in [1.29, 1.82) is 0 Å². The highest BCUT2D eigenvalue weighted by Gasteiger charge is 2.39. The fraction of sp³-hybridized carbons (Fsp3) is 0.529. The molecule has 1 aliphatic heterocycles. The van der Waals surface area contributed by atoms with Gasteiger partial charge in [-0.15, -0.1) is 12.4 Å². The van der Waals surface area contributed by atoms with Gasteiger partial charge in [0.2, 0.25) is 0 Å². The third-order valence-electron chi connectivity index (χ3n) is 4.69. The maximum atomic E-state index is 6.23. The van der Waals surface area contributed by atoms with Crippen molar-refractivity contribution in [3.63, 3.8) is 0 Å². The zero-order valence-corrected chi connectivity index (χ0v) is 14.3. The van der Waals surface area contributed by atoms with E-state index >= 15 is 0 Å². The number of rotatable bonds is 4. The fourth-order valence-corrected chi connectivity index (χ4v) is 2.99. The summed E-state index contributed by atoms with van der Waals surface area (Å²) in [6, 6.07) is 7.76. The summed E-state index contributed by atoms with van der Waals surface area (Å²) in [6.45, 7) is 1.54. The van der Waals surface area contributed by atoms with Crippen molar-refractivity contribution in [3.8, 4) is 17.2 Å². The third kappa shape index (κ3) is 3.41. The molecule has 0 bridgehead atoms. The molecular weight excluding hydrogens is 330 g/mol. The van der Waals surface area contributed by atoms with Gasteiger partial charge in [0.1, 0.15) is 11.9 Å². The molecule has 1 aliphatic carbocycles. The average molecular weight is 352 g/mol. The highest BCUT2D eigenvalue weighted by atomic mass is 35.5. The second-order valence-corrected chi connectivity index (χ2v) is 6.39. The van der Waals surface area contributed by atoms with Gasteiger partial charge in [-0.1, -0.05) is 5.16 Å². The van der Waals surface area contributed by atoms with Crippen LogP contribution >= 0.6 is 12.4 Å². The molecule has 1 saturated carbocycles. The van der Waals surface area contributed by atoms with Gasteiger partial charge in [-0.2, -0.15) is 4.98 Å². The maximum Gasteiger partial charge on any atom is 0.257 e. The molecule has 0 radical (unpaired) electrons. The summed E-state index contributed by atoms with van der Waals surface area (Å²) in [6.07, 6.45) is 5.08. The minimum absolute atomic E-state index is 0. The number of hydrogen-bond acceptors (Lipinski definition) is 6. The third-order valence-corrected chi connectivity index (χ3v) is 4.69. The van der Waals surface area contributed by atoms with Crippen LogP contribution in [-0.4, -0.2) is 29.5 Å². The molecular formula is C17H22ClN3O3. The Kier molecular flexibility index (Phi) is 5.08. The van der Waals surface area contributed by atoms with Crippen molar-refractivity contribution in [2.75, 3.05) is 13.2 Å². The molecule has 0 unspecified atom stereocenters. The van der Waals surface area contributed by atoms with E-state index in [1.807, 2.05) is 24.3 Å². The Morgan fingerprint density at radius 3 is 2.46 bits per heavy atom. The van der Waals surface area contributed by atoms with Crippen LogP contribution in [0.5, 0.6) is 5.75 Å². The monoisotopic (exact) mass is 351 g/mol. The molecule has 1 aromatic heterocycles. The van der Waals surface area contributed by atoms with Gasteiger partial charge in [-0.05, 0) is 43.5 Å². The van der Waals surface area contributed by atoms with Crippen LogP contribution < -0.4 is 10.5 Å². The second-order valence-electron chi connectivity index (χ2n) is 6.39. The zero-order valence-electron chi connectivity index (χ0n) is 13.4. The Bertz CT molecular complexity index is 664. The molecule has 0 atom stereocenters. The standard InChI is InChI=1S/C17H21N3O3.ClH/c18-17(8-1-9-17)16-19-15(23-20-16)12-2-4-13(5-3-12)22-14-6-10-21-11-7-14;/h2-5,14H,1,6-11,18H2;1H. The van der Waals surface area contributed by atoms with E-state index in [2.05, 4.69) is 10.1 Å². The number of aromatic nitrogens is 2. The van der Waals surface area contributed by atoms with Crippen molar-refractivity contribution >= 4 is 12.4 Å². The highest BCUT2D eigenvalue weighted by molar-refractivity contribution is 5.85. The smallest absolute Gasteiger partial charge is 0.257 e. The van der Waals surface area contributed by atoms with Crippen molar-refractivity contribution in [3.05, 3.63) is 30.1 Å². The van der Waals surface area contributed by atoms with Crippen LogP contribution in [0.1, 0.15) is 37.9 Å². The van der Waals surface area contributed by atoms with Crippen LogP contribution in [0, 0.1) is 0 Å². The van der Waals surface area contributed by atoms with E-state index in [-0.39, 0.29) is 18.5 Å². The van der Waals surface area contributed by atoms with Gasteiger partial charge in [-0.3, -0.25) is 0 Å². The highest BCUT2D eigenvalue weighted by Crippen LogP contribution is 2.37. The number of nitrogens with two attached hydrogens (primary N) is 1. The first-order chi connectivity index (χ1) is 11.2. The fourth-order valence-electron chi connectivity index (χ4n) is 2.99. The van der Waals surface area contributed by atoms with Crippen molar-refractivity contribution < 1.29 is 14.0 Å². The van der Waals surface area contributed by atoms with Crippen LogP contribution in [0.25, 0.3) is 11.5 Å². The molecule has 1 aromatic carbocycles. The number of halogens is 1. The Labute approximate surface area is 147 Å². The van der Waals surface area contributed by atoms with Gasteiger partial charge in [-0.25, -0.2) is 0 Å². The quantitative estimate of drug-likeness (QED) is 0.911. The van der Waals surface area contributed by atoms with Gasteiger partial charge in [0.05, 0.1) is 18.8 Å². The van der Waals surface area contributed by atoms with Gasteiger partial charge in [0.25, 0.3) is 5.89 Å². The first-order valence-electron chi connectivity index (χ1n) is 8.21. The number of nitrogens with zero attached hydrogens (tertiary/aromatic N) is 2. The lowest BCUT2D eigenvalue weighted by atomic mass is 9.77. The normalized spacial score (nSPS) is 20.0. The first kappa shape index (κ1) is 17.2. The van der Waals surface area contributed by atoms with Gasteiger partial charge < -0.3 is 19.7 Å². The maximum absolute atomic E-state index is 6.23. The van der Waals surface area contributed by atoms with Gasteiger partial charge in [0, 0.05) is 18.4 Å². The van der Waals surface area contributed by atoms with Crippen molar-refractivity contribution in [2.45, 2.75) is 43.7 Å². The van der Waals surface area contributed by atoms with Crippen molar-refractivity contribution in [1.82, 2.24) is 10.1 Å². The molecule has 0 amide bonds. The Morgan fingerprint density at radius 2 is 1.83 bits per heavy atom. The van der Waals surface area contributed by atoms with Crippen LogP contribution in [0.2, 0.25) is 0 Å². The lowest BCUT2D eigenvalue weighted by molar-refractivity contribution is 0.0256. The lowest BCUT2D eigenvalue weighted by Gasteiger charge is -2.34. The van der Waals surface area contributed by atoms with Crippen LogP contribution in [0.4, 0.5) is 0 Å². The molecule has 2 N–H and O–H groups in total. The Balaban J connectivity index is 0.00000169. The summed E-state index contributed by atoms with van der Waals surface area (Å²) in [5, 5.41) is 4.05. The molecule has 24 heavy (non-hydrogen) atoms. The number of hydrogen-bond donors (Lipinski definition) is 1. The van der Waals surface area contributed by atoms with Crippen molar-refractivity contribution in [2.24, 2.45) is 5.73 Å². The summed E-state index contributed by atoms with van der Waals surface area (Å²) >= 11 is 0. The summed E-state index contributed by atoms with van der Waals surface area (Å²) < 4.78 is 16.7. The number of benzene rings is 1. The van der Waals surface area contributed by atoms with Crippen LogP contribution in [0.15, 0.2) is 28.8 Å². The molecule has 2 aliphatic rings. The van der Waals surface area contributed by atoms with E-state index < -0.39 is 5.54 Å². The molecule has 2 aromatic rings. The molecule has 7 heteroatoms.